The lowest BCUT2D eigenvalue weighted by Gasteiger charge is -2.37. The van der Waals surface area contributed by atoms with Crippen LogP contribution in [-0.2, 0) is 0 Å². The third kappa shape index (κ3) is 1.73. The molecule has 1 rings (SSSR count). The molecule has 6 heteroatoms. The fourth-order valence-corrected chi connectivity index (χ4v) is 2.23. The molecule has 5 nitrogen and oxygen atoms in total. The average molecular weight is 195 g/mol. The molecule has 0 saturated carbocycles. The highest BCUT2D eigenvalue weighted by molar-refractivity contribution is 8.00. The average Bonchev–Trinajstić information content (AvgIpc) is 2.08. The first-order valence-corrected chi connectivity index (χ1v) is 4.58. The van der Waals surface area contributed by atoms with E-state index in [1.807, 2.05) is 0 Å². The van der Waals surface area contributed by atoms with E-state index in [0.717, 1.165) is 11.8 Å². The van der Waals surface area contributed by atoms with Gasteiger partial charge in [-0.25, -0.2) is 0 Å². The summed E-state index contributed by atoms with van der Waals surface area (Å²) < 4.78 is 0. The molecule has 0 aromatic rings. The van der Waals surface area contributed by atoms with Gasteiger partial charge >= 0.3 is 0 Å². The van der Waals surface area contributed by atoms with Crippen molar-refractivity contribution in [1.29, 1.82) is 0 Å². The van der Waals surface area contributed by atoms with Crippen molar-refractivity contribution in [3.05, 3.63) is 0 Å². The van der Waals surface area contributed by atoms with Gasteiger partial charge in [0.1, 0.15) is 5.44 Å². The normalized spacial score (nSPS) is 49.2. The Kier molecular flexibility index (Phi) is 3.33. The molecular formula is C6H13NO4S. The first-order valence-electron chi connectivity index (χ1n) is 3.64. The second-order valence-electron chi connectivity index (χ2n) is 2.81. The first-order chi connectivity index (χ1) is 5.57. The molecule has 0 amide bonds. The summed E-state index contributed by atoms with van der Waals surface area (Å²) in [6.45, 7) is -0.285. The fourth-order valence-electron chi connectivity index (χ4n) is 1.12. The molecule has 6 N–H and O–H groups in total. The van der Waals surface area contributed by atoms with E-state index in [2.05, 4.69) is 0 Å². The monoisotopic (exact) mass is 195 g/mol. The van der Waals surface area contributed by atoms with Gasteiger partial charge in [-0.1, -0.05) is 0 Å². The van der Waals surface area contributed by atoms with Gasteiger partial charge < -0.3 is 26.2 Å². The van der Waals surface area contributed by atoms with Crippen LogP contribution >= 0.6 is 11.8 Å². The van der Waals surface area contributed by atoms with Crippen molar-refractivity contribution in [1.82, 2.24) is 0 Å². The molecular weight excluding hydrogens is 182 g/mol. The number of thioether (sulfide) groups is 1. The quantitative estimate of drug-likeness (QED) is 0.316. The fraction of sp³-hybridized carbons (Fsp3) is 1.00. The Morgan fingerprint density at radius 2 is 1.75 bits per heavy atom. The summed E-state index contributed by atoms with van der Waals surface area (Å²) in [5.74, 6) is 0. The summed E-state index contributed by atoms with van der Waals surface area (Å²) >= 11 is 0.977. The van der Waals surface area contributed by atoms with Crippen molar-refractivity contribution in [2.75, 3.05) is 6.61 Å². The molecule has 72 valence electrons. The number of hydrogen-bond donors (Lipinski definition) is 5. The lowest BCUT2D eigenvalue weighted by Crippen LogP contribution is -2.57. The van der Waals surface area contributed by atoms with Crippen LogP contribution in [0.5, 0.6) is 0 Å². The van der Waals surface area contributed by atoms with Crippen molar-refractivity contribution in [3.8, 4) is 0 Å². The van der Waals surface area contributed by atoms with Gasteiger partial charge in [0.25, 0.3) is 0 Å². The predicted octanol–water partition coefficient (Wildman–Crippen LogP) is -2.54. The Hall–Kier alpha value is 0.150. The Balaban J connectivity index is 2.63. The molecule has 0 spiro atoms. The van der Waals surface area contributed by atoms with Crippen LogP contribution in [-0.4, -0.2) is 56.0 Å². The highest BCUT2D eigenvalue weighted by Gasteiger charge is 2.41. The summed E-state index contributed by atoms with van der Waals surface area (Å²) in [4.78, 5) is 0. The minimum atomic E-state index is -1.17. The number of nitrogens with two attached hydrogens (primary N) is 1. The zero-order valence-corrected chi connectivity index (χ0v) is 7.18. The van der Waals surface area contributed by atoms with Gasteiger partial charge in [0.15, 0.2) is 0 Å². The largest absolute Gasteiger partial charge is 0.395 e. The molecule has 0 aromatic carbocycles. The maximum Gasteiger partial charge on any atom is 0.117 e. The second-order valence-corrected chi connectivity index (χ2v) is 4.17. The van der Waals surface area contributed by atoms with Crippen LogP contribution in [0.3, 0.4) is 0 Å². The van der Waals surface area contributed by atoms with Crippen molar-refractivity contribution in [2.24, 2.45) is 5.73 Å². The number of aliphatic hydroxyl groups excluding tert-OH is 4. The summed E-state index contributed by atoms with van der Waals surface area (Å²) in [5.41, 5.74) is 4.44. The summed E-state index contributed by atoms with van der Waals surface area (Å²) in [7, 11) is 0. The van der Waals surface area contributed by atoms with Gasteiger partial charge in [0.2, 0.25) is 0 Å². The van der Waals surface area contributed by atoms with E-state index in [1.54, 1.807) is 0 Å². The zero-order valence-electron chi connectivity index (χ0n) is 6.37. The Morgan fingerprint density at radius 3 is 2.25 bits per heavy atom. The predicted molar refractivity (Wildman–Crippen MR) is 44.5 cm³/mol. The summed E-state index contributed by atoms with van der Waals surface area (Å²) in [5, 5.41) is 36.0. The summed E-state index contributed by atoms with van der Waals surface area (Å²) in [6.07, 6.45) is -2.24. The molecule has 0 aromatic heterocycles. The molecule has 1 fully saturated rings. The third-order valence-electron chi connectivity index (χ3n) is 1.95. The maximum atomic E-state index is 9.30. The van der Waals surface area contributed by atoms with Crippen LogP contribution in [0, 0.1) is 0 Å². The standard InChI is InChI=1S/C6H13NO4S/c7-3-5(10)4(9)2(1-8)12-6(3)11/h2-6,8-11H,1,7H2/t2-,3-,4-,5-,6+/m1/s1. The molecule has 5 atom stereocenters. The van der Waals surface area contributed by atoms with Crippen molar-refractivity contribution >= 4 is 11.8 Å². The van der Waals surface area contributed by atoms with Crippen molar-refractivity contribution < 1.29 is 20.4 Å². The second kappa shape index (κ2) is 3.91. The highest BCUT2D eigenvalue weighted by Crippen LogP contribution is 2.29. The van der Waals surface area contributed by atoms with Crippen LogP contribution in [0.25, 0.3) is 0 Å². The molecule has 0 bridgehead atoms. The number of rotatable bonds is 1. The van der Waals surface area contributed by atoms with Gasteiger partial charge in [0.05, 0.1) is 30.1 Å². The molecule has 12 heavy (non-hydrogen) atoms. The van der Waals surface area contributed by atoms with Gasteiger partial charge in [-0.3, -0.25) is 0 Å². The zero-order chi connectivity index (χ0) is 9.30. The van der Waals surface area contributed by atoms with Crippen LogP contribution < -0.4 is 5.73 Å². The Labute approximate surface area is 74.2 Å². The maximum absolute atomic E-state index is 9.30. The topological polar surface area (TPSA) is 107 Å². The lowest BCUT2D eigenvalue weighted by molar-refractivity contribution is -0.0279. The van der Waals surface area contributed by atoms with Gasteiger partial charge in [0, 0.05) is 0 Å². The Morgan fingerprint density at radius 1 is 1.17 bits per heavy atom. The van der Waals surface area contributed by atoms with E-state index >= 15 is 0 Å². The van der Waals surface area contributed by atoms with Crippen LogP contribution in [0.1, 0.15) is 0 Å². The van der Waals surface area contributed by atoms with E-state index in [1.165, 1.54) is 0 Å². The SMILES string of the molecule is N[C@@H]1[C@@H](O)[C@H](O)[C@@H](CO)S[C@@H]1O. The van der Waals surface area contributed by atoms with Crippen LogP contribution in [0.4, 0.5) is 0 Å². The van der Waals surface area contributed by atoms with Crippen molar-refractivity contribution in [3.63, 3.8) is 0 Å². The van der Waals surface area contributed by atoms with Gasteiger partial charge in [-0.15, -0.1) is 11.8 Å². The smallest absolute Gasteiger partial charge is 0.117 e. The third-order valence-corrected chi connectivity index (χ3v) is 3.32. The van der Waals surface area contributed by atoms with Crippen LogP contribution in [0.2, 0.25) is 0 Å². The Bertz CT molecular complexity index is 154. The molecule has 0 unspecified atom stereocenters. The van der Waals surface area contributed by atoms with E-state index in [-0.39, 0.29) is 6.61 Å². The van der Waals surface area contributed by atoms with Gasteiger partial charge in [-0.05, 0) is 0 Å². The molecule has 1 aliphatic rings. The van der Waals surface area contributed by atoms with E-state index in [9.17, 15) is 15.3 Å². The summed E-state index contributed by atoms with van der Waals surface area (Å²) in [6, 6.07) is -0.854. The number of hydrogen-bond acceptors (Lipinski definition) is 6. The molecule has 0 aliphatic carbocycles. The lowest BCUT2D eigenvalue weighted by atomic mass is 10.0. The van der Waals surface area contributed by atoms with E-state index in [0.29, 0.717) is 0 Å². The molecule has 1 aliphatic heterocycles. The van der Waals surface area contributed by atoms with E-state index in [4.69, 9.17) is 10.8 Å². The molecule has 1 saturated heterocycles. The minimum Gasteiger partial charge on any atom is -0.395 e. The van der Waals surface area contributed by atoms with Crippen molar-refractivity contribution in [2.45, 2.75) is 28.9 Å². The molecule has 0 radical (unpaired) electrons. The van der Waals surface area contributed by atoms with Crippen LogP contribution in [0.15, 0.2) is 0 Å². The minimum absolute atomic E-state index is 0.285. The highest BCUT2D eigenvalue weighted by atomic mass is 32.2. The van der Waals surface area contributed by atoms with E-state index < -0.39 is 28.9 Å². The van der Waals surface area contributed by atoms with Gasteiger partial charge in [-0.2, -0.15) is 0 Å². The number of aliphatic hydroxyl groups is 4. The molecule has 1 heterocycles. The first kappa shape index (κ1) is 10.2.